The molecule has 1 heterocycles. The Morgan fingerprint density at radius 3 is 2.73 bits per heavy atom. The lowest BCUT2D eigenvalue weighted by atomic mass is 10.4. The van der Waals surface area contributed by atoms with Gasteiger partial charge < -0.3 is 5.32 Å². The molecule has 15 heavy (non-hydrogen) atoms. The predicted octanol–water partition coefficient (Wildman–Crippen LogP) is 3.85. The van der Waals surface area contributed by atoms with Gasteiger partial charge in [-0.1, -0.05) is 0 Å². The molecule has 0 aliphatic carbocycles. The van der Waals surface area contributed by atoms with E-state index < -0.39 is 5.51 Å². The van der Waals surface area contributed by atoms with E-state index in [4.69, 9.17) is 0 Å². The van der Waals surface area contributed by atoms with Crippen LogP contribution < -0.4 is 5.32 Å². The summed E-state index contributed by atoms with van der Waals surface area (Å²) < 4.78 is 36.2. The van der Waals surface area contributed by atoms with Crippen molar-refractivity contribution in [3.8, 4) is 0 Å². The third-order valence-electron chi connectivity index (χ3n) is 1.47. The highest BCUT2D eigenvalue weighted by atomic mass is 79.9. The van der Waals surface area contributed by atoms with Gasteiger partial charge in [0.2, 0.25) is 0 Å². The second-order valence-corrected chi connectivity index (χ2v) is 5.77. The number of hydrogen-bond acceptors (Lipinski definition) is 3. The summed E-state index contributed by atoms with van der Waals surface area (Å²) >= 11 is 4.89. The summed E-state index contributed by atoms with van der Waals surface area (Å²) in [7, 11) is 0. The highest BCUT2D eigenvalue weighted by molar-refractivity contribution is 9.10. The van der Waals surface area contributed by atoms with Gasteiger partial charge in [0.25, 0.3) is 0 Å². The maximum absolute atomic E-state index is 11.7. The second-order valence-electron chi connectivity index (χ2n) is 2.70. The first-order valence-electron chi connectivity index (χ1n) is 4.12. The number of thioether (sulfide) groups is 1. The van der Waals surface area contributed by atoms with Crippen molar-refractivity contribution in [1.29, 1.82) is 0 Å². The van der Waals surface area contributed by atoms with E-state index in [1.54, 1.807) is 11.3 Å². The Balaban J connectivity index is 2.07. The number of thiophene rings is 1. The fourth-order valence-electron chi connectivity index (χ4n) is 0.897. The Labute approximate surface area is 103 Å². The summed E-state index contributed by atoms with van der Waals surface area (Å²) in [5.74, 6) is 0.0516. The third kappa shape index (κ3) is 6.44. The Kier molecular flexibility index (Phi) is 5.45. The van der Waals surface area contributed by atoms with E-state index >= 15 is 0 Å². The Bertz CT molecular complexity index is 300. The topological polar surface area (TPSA) is 12.0 Å². The molecule has 7 heteroatoms. The van der Waals surface area contributed by atoms with Crippen molar-refractivity contribution in [2.24, 2.45) is 0 Å². The number of nitrogens with one attached hydrogen (secondary N) is 1. The zero-order chi connectivity index (χ0) is 11.3. The van der Waals surface area contributed by atoms with Crippen LogP contribution in [0.5, 0.6) is 0 Å². The van der Waals surface area contributed by atoms with Gasteiger partial charge in [0.05, 0.1) is 0 Å². The van der Waals surface area contributed by atoms with Crippen LogP contribution in [0.4, 0.5) is 13.2 Å². The minimum atomic E-state index is -4.12. The van der Waals surface area contributed by atoms with Gasteiger partial charge in [0.1, 0.15) is 0 Å². The molecule has 1 aromatic rings. The summed E-state index contributed by atoms with van der Waals surface area (Å²) in [4.78, 5) is 1.11. The van der Waals surface area contributed by atoms with Crippen LogP contribution in [0.15, 0.2) is 15.9 Å². The highest BCUT2D eigenvalue weighted by Gasteiger charge is 2.27. The smallest absolute Gasteiger partial charge is 0.311 e. The molecule has 0 spiro atoms. The average Bonchev–Trinajstić information content (AvgIpc) is 2.49. The molecule has 0 atom stereocenters. The van der Waals surface area contributed by atoms with E-state index in [-0.39, 0.29) is 17.5 Å². The first kappa shape index (κ1) is 13.3. The van der Waals surface area contributed by atoms with Gasteiger partial charge >= 0.3 is 5.51 Å². The number of rotatable bonds is 5. The molecule has 1 rings (SSSR count). The molecule has 0 saturated carbocycles. The molecular weight excluding hydrogens is 311 g/mol. The van der Waals surface area contributed by atoms with E-state index in [1.165, 1.54) is 0 Å². The summed E-state index contributed by atoms with van der Waals surface area (Å²) in [6.45, 7) is 0.981. The molecule has 0 radical (unpaired) electrons. The summed E-state index contributed by atoms with van der Waals surface area (Å²) in [5.41, 5.74) is -4.12. The Morgan fingerprint density at radius 2 is 2.20 bits per heavy atom. The summed E-state index contributed by atoms with van der Waals surface area (Å²) in [6.07, 6.45) is 0. The van der Waals surface area contributed by atoms with Gasteiger partial charge in [-0.25, -0.2) is 0 Å². The van der Waals surface area contributed by atoms with Gasteiger partial charge in [-0.15, -0.1) is 11.3 Å². The molecule has 0 saturated heterocycles. The minimum Gasteiger partial charge on any atom is -0.311 e. The third-order valence-corrected chi connectivity index (χ3v) is 3.90. The van der Waals surface area contributed by atoms with Crippen LogP contribution in [0.3, 0.4) is 0 Å². The van der Waals surface area contributed by atoms with Gasteiger partial charge in [-0.3, -0.25) is 0 Å². The molecule has 0 unspecified atom stereocenters. The molecule has 0 amide bonds. The molecular formula is C8H9BrF3NS2. The molecule has 1 nitrogen and oxygen atoms in total. The fraction of sp³-hybridized carbons (Fsp3) is 0.500. The lowest BCUT2D eigenvalue weighted by molar-refractivity contribution is -0.0327. The molecule has 0 aromatic carbocycles. The van der Waals surface area contributed by atoms with E-state index in [1.807, 2.05) is 11.4 Å². The maximum Gasteiger partial charge on any atom is 0.441 e. The van der Waals surface area contributed by atoms with Gasteiger partial charge in [-0.05, 0) is 33.8 Å². The highest BCUT2D eigenvalue weighted by Crippen LogP contribution is 2.29. The van der Waals surface area contributed by atoms with Crippen molar-refractivity contribution in [3.63, 3.8) is 0 Å². The van der Waals surface area contributed by atoms with Crippen LogP contribution in [-0.4, -0.2) is 17.8 Å². The van der Waals surface area contributed by atoms with Crippen LogP contribution in [0.25, 0.3) is 0 Å². The molecule has 0 aliphatic rings. The van der Waals surface area contributed by atoms with Crippen LogP contribution >= 0.6 is 39.0 Å². The van der Waals surface area contributed by atoms with Gasteiger partial charge in [-0.2, -0.15) is 13.2 Å². The summed E-state index contributed by atoms with van der Waals surface area (Å²) in [5, 5.41) is 4.90. The normalized spacial score (nSPS) is 12.0. The van der Waals surface area contributed by atoms with Gasteiger partial charge in [0, 0.05) is 33.6 Å². The second kappa shape index (κ2) is 6.12. The predicted molar refractivity (Wildman–Crippen MR) is 62.2 cm³/mol. The Hall–Kier alpha value is 0.280. The van der Waals surface area contributed by atoms with Crippen molar-refractivity contribution in [1.82, 2.24) is 5.32 Å². The van der Waals surface area contributed by atoms with Crippen molar-refractivity contribution in [2.75, 3.05) is 12.3 Å². The number of halogens is 4. The standard InChI is InChI=1S/C8H9BrF3NS2/c9-6-3-7(14-5-6)4-13-1-2-15-8(10,11)12/h3,5,13H,1-2,4H2. The van der Waals surface area contributed by atoms with E-state index in [2.05, 4.69) is 21.2 Å². The first-order chi connectivity index (χ1) is 6.97. The molecule has 0 fully saturated rings. The van der Waals surface area contributed by atoms with Crippen molar-refractivity contribution in [2.45, 2.75) is 12.1 Å². The fourth-order valence-corrected chi connectivity index (χ4v) is 2.80. The number of alkyl halides is 3. The Morgan fingerprint density at radius 1 is 1.47 bits per heavy atom. The summed E-state index contributed by atoms with van der Waals surface area (Å²) in [6, 6.07) is 1.95. The van der Waals surface area contributed by atoms with E-state index in [0.717, 1.165) is 9.35 Å². The lowest BCUT2D eigenvalue weighted by Crippen LogP contribution is -2.17. The number of hydrogen-bond donors (Lipinski definition) is 1. The van der Waals surface area contributed by atoms with Crippen LogP contribution in [-0.2, 0) is 6.54 Å². The van der Waals surface area contributed by atoms with Crippen LogP contribution in [0.2, 0.25) is 0 Å². The van der Waals surface area contributed by atoms with Crippen molar-refractivity contribution in [3.05, 3.63) is 20.8 Å². The lowest BCUT2D eigenvalue weighted by Gasteiger charge is -2.05. The van der Waals surface area contributed by atoms with Crippen molar-refractivity contribution < 1.29 is 13.2 Å². The van der Waals surface area contributed by atoms with E-state index in [9.17, 15) is 13.2 Å². The SMILES string of the molecule is FC(F)(F)SCCNCc1cc(Br)cs1. The van der Waals surface area contributed by atoms with E-state index in [0.29, 0.717) is 13.1 Å². The van der Waals surface area contributed by atoms with Gasteiger partial charge in [0.15, 0.2) is 0 Å². The average molecular weight is 320 g/mol. The van der Waals surface area contributed by atoms with Crippen LogP contribution in [0.1, 0.15) is 4.88 Å². The molecule has 0 aliphatic heterocycles. The maximum atomic E-state index is 11.7. The largest absolute Gasteiger partial charge is 0.441 e. The molecule has 1 N–H and O–H groups in total. The monoisotopic (exact) mass is 319 g/mol. The molecule has 0 bridgehead atoms. The molecule has 1 aromatic heterocycles. The quantitative estimate of drug-likeness (QED) is 0.827. The zero-order valence-electron chi connectivity index (χ0n) is 7.60. The van der Waals surface area contributed by atoms with Crippen molar-refractivity contribution >= 4 is 39.0 Å². The minimum absolute atomic E-state index is 0.00556. The first-order valence-corrected chi connectivity index (χ1v) is 6.77. The molecule has 86 valence electrons. The van der Waals surface area contributed by atoms with Crippen LogP contribution in [0, 0.1) is 0 Å². The zero-order valence-corrected chi connectivity index (χ0v) is 10.8.